The lowest BCUT2D eigenvalue weighted by Gasteiger charge is -1.98. The van der Waals surface area contributed by atoms with Crippen LogP contribution in [0.5, 0.6) is 0 Å². The van der Waals surface area contributed by atoms with E-state index in [4.69, 9.17) is 4.42 Å². The number of aryl methyl sites for hydroxylation is 2. The smallest absolute Gasteiger partial charge is 0.192 e. The second-order valence-corrected chi connectivity index (χ2v) is 4.57. The standard InChI is InChI=1S/C12H10N2OS/c1-7-3-4-9(12-13-5-6-16-12)11-10(7)14-8(2)15-11/h3-6H,1-2H3. The van der Waals surface area contributed by atoms with E-state index in [-0.39, 0.29) is 0 Å². The molecule has 0 bridgehead atoms. The normalized spacial score (nSPS) is 11.1. The number of nitrogens with zero attached hydrogens (tertiary/aromatic N) is 2. The quantitative estimate of drug-likeness (QED) is 0.641. The van der Waals surface area contributed by atoms with Gasteiger partial charge in [-0.2, -0.15) is 0 Å². The van der Waals surface area contributed by atoms with Crippen LogP contribution >= 0.6 is 11.3 Å². The molecule has 2 heterocycles. The first kappa shape index (κ1) is 9.54. The maximum atomic E-state index is 5.66. The monoisotopic (exact) mass is 230 g/mol. The van der Waals surface area contributed by atoms with E-state index in [9.17, 15) is 0 Å². The van der Waals surface area contributed by atoms with E-state index in [1.165, 1.54) is 0 Å². The molecule has 3 aromatic rings. The van der Waals surface area contributed by atoms with E-state index < -0.39 is 0 Å². The van der Waals surface area contributed by atoms with Crippen LogP contribution < -0.4 is 0 Å². The molecule has 0 unspecified atom stereocenters. The van der Waals surface area contributed by atoms with Gasteiger partial charge in [-0.3, -0.25) is 0 Å². The molecule has 3 nitrogen and oxygen atoms in total. The topological polar surface area (TPSA) is 38.9 Å². The maximum absolute atomic E-state index is 5.66. The summed E-state index contributed by atoms with van der Waals surface area (Å²) in [6.45, 7) is 3.90. The first-order chi connectivity index (χ1) is 7.75. The molecule has 0 saturated carbocycles. The predicted molar refractivity (Wildman–Crippen MR) is 64.6 cm³/mol. The molecule has 2 aromatic heterocycles. The van der Waals surface area contributed by atoms with Gasteiger partial charge in [-0.15, -0.1) is 11.3 Å². The summed E-state index contributed by atoms with van der Waals surface area (Å²) in [6.07, 6.45) is 1.80. The average Bonchev–Trinajstić information content (AvgIpc) is 2.87. The van der Waals surface area contributed by atoms with Crippen LogP contribution in [0, 0.1) is 13.8 Å². The summed E-state index contributed by atoms with van der Waals surface area (Å²) in [5.74, 6) is 0.696. The van der Waals surface area contributed by atoms with Gasteiger partial charge in [-0.05, 0) is 18.6 Å². The Labute approximate surface area is 96.8 Å². The van der Waals surface area contributed by atoms with Gasteiger partial charge in [0.1, 0.15) is 10.5 Å². The van der Waals surface area contributed by atoms with Gasteiger partial charge < -0.3 is 4.42 Å². The first-order valence-electron chi connectivity index (χ1n) is 5.02. The van der Waals surface area contributed by atoms with Crippen molar-refractivity contribution in [3.05, 3.63) is 35.2 Å². The zero-order chi connectivity index (χ0) is 11.1. The molecule has 80 valence electrons. The van der Waals surface area contributed by atoms with Crippen molar-refractivity contribution < 1.29 is 4.42 Å². The van der Waals surface area contributed by atoms with Gasteiger partial charge in [-0.25, -0.2) is 9.97 Å². The number of aromatic nitrogens is 2. The van der Waals surface area contributed by atoms with Gasteiger partial charge in [0, 0.05) is 18.5 Å². The summed E-state index contributed by atoms with van der Waals surface area (Å²) in [7, 11) is 0. The van der Waals surface area contributed by atoms with Gasteiger partial charge in [0.25, 0.3) is 0 Å². The first-order valence-corrected chi connectivity index (χ1v) is 5.90. The molecule has 0 saturated heterocycles. The molecule has 0 aliphatic heterocycles. The summed E-state index contributed by atoms with van der Waals surface area (Å²) >= 11 is 1.61. The van der Waals surface area contributed by atoms with Gasteiger partial charge in [0.2, 0.25) is 0 Å². The SMILES string of the molecule is Cc1nc2c(C)ccc(-c3nccs3)c2o1. The molecule has 3 rings (SSSR count). The highest BCUT2D eigenvalue weighted by Crippen LogP contribution is 2.31. The summed E-state index contributed by atoms with van der Waals surface area (Å²) in [4.78, 5) is 8.70. The Bertz CT molecular complexity index is 640. The third-order valence-electron chi connectivity index (χ3n) is 2.51. The van der Waals surface area contributed by atoms with Crippen molar-refractivity contribution in [3.8, 4) is 10.6 Å². The Hall–Kier alpha value is -1.68. The minimum absolute atomic E-state index is 0.696. The Kier molecular flexibility index (Phi) is 2.04. The summed E-state index contributed by atoms with van der Waals surface area (Å²) in [6, 6.07) is 4.10. The fourth-order valence-corrected chi connectivity index (χ4v) is 2.42. The summed E-state index contributed by atoms with van der Waals surface area (Å²) < 4.78 is 5.66. The lowest BCUT2D eigenvalue weighted by Crippen LogP contribution is -1.81. The lowest BCUT2D eigenvalue weighted by molar-refractivity contribution is 0.562. The molecule has 16 heavy (non-hydrogen) atoms. The van der Waals surface area contributed by atoms with Crippen LogP contribution in [0.25, 0.3) is 21.7 Å². The van der Waals surface area contributed by atoms with Crippen LogP contribution in [0.3, 0.4) is 0 Å². The van der Waals surface area contributed by atoms with Crippen molar-refractivity contribution in [1.29, 1.82) is 0 Å². The highest BCUT2D eigenvalue weighted by atomic mass is 32.1. The molecular weight excluding hydrogens is 220 g/mol. The third-order valence-corrected chi connectivity index (χ3v) is 3.32. The molecule has 0 N–H and O–H groups in total. The zero-order valence-corrected chi connectivity index (χ0v) is 9.84. The molecule has 4 heteroatoms. The largest absolute Gasteiger partial charge is 0.440 e. The van der Waals surface area contributed by atoms with Crippen LogP contribution in [0.4, 0.5) is 0 Å². The number of thiazole rings is 1. The minimum Gasteiger partial charge on any atom is -0.440 e. The summed E-state index contributed by atoms with van der Waals surface area (Å²) in [5, 5.41) is 2.94. The second kappa shape index (κ2) is 3.42. The minimum atomic E-state index is 0.696. The van der Waals surface area contributed by atoms with Gasteiger partial charge in [0.15, 0.2) is 11.5 Å². The molecule has 0 aliphatic carbocycles. The van der Waals surface area contributed by atoms with E-state index in [0.29, 0.717) is 5.89 Å². The highest BCUT2D eigenvalue weighted by Gasteiger charge is 2.13. The Morgan fingerprint density at radius 1 is 1.25 bits per heavy atom. The molecule has 0 amide bonds. The van der Waals surface area contributed by atoms with E-state index in [2.05, 4.69) is 16.0 Å². The Morgan fingerprint density at radius 3 is 2.88 bits per heavy atom. The van der Waals surface area contributed by atoms with Gasteiger partial charge in [-0.1, -0.05) is 6.07 Å². The van der Waals surface area contributed by atoms with E-state index >= 15 is 0 Å². The van der Waals surface area contributed by atoms with Crippen molar-refractivity contribution in [3.63, 3.8) is 0 Å². The van der Waals surface area contributed by atoms with Gasteiger partial charge in [0.05, 0.1) is 5.56 Å². The van der Waals surface area contributed by atoms with Crippen LogP contribution in [0.15, 0.2) is 28.1 Å². The molecular formula is C12H10N2OS. The van der Waals surface area contributed by atoms with Crippen LogP contribution in [-0.4, -0.2) is 9.97 Å². The molecule has 0 radical (unpaired) electrons. The van der Waals surface area contributed by atoms with Crippen LogP contribution in [0.1, 0.15) is 11.5 Å². The van der Waals surface area contributed by atoms with Gasteiger partial charge >= 0.3 is 0 Å². The number of hydrogen-bond donors (Lipinski definition) is 0. The fraction of sp³-hybridized carbons (Fsp3) is 0.167. The molecule has 0 spiro atoms. The molecule has 0 aliphatic rings. The molecule has 0 atom stereocenters. The molecule has 0 fully saturated rings. The van der Waals surface area contributed by atoms with Crippen LogP contribution in [-0.2, 0) is 0 Å². The van der Waals surface area contributed by atoms with Crippen molar-refractivity contribution in [2.75, 3.05) is 0 Å². The number of oxazole rings is 1. The van der Waals surface area contributed by atoms with E-state index in [1.54, 1.807) is 17.5 Å². The van der Waals surface area contributed by atoms with E-state index in [1.807, 2.05) is 25.3 Å². The van der Waals surface area contributed by atoms with Crippen LogP contribution in [0.2, 0.25) is 0 Å². The highest BCUT2D eigenvalue weighted by molar-refractivity contribution is 7.13. The fourth-order valence-electron chi connectivity index (χ4n) is 1.76. The molecule has 1 aromatic carbocycles. The number of fused-ring (bicyclic) bond motifs is 1. The average molecular weight is 230 g/mol. The predicted octanol–water partition coefficient (Wildman–Crippen LogP) is 3.57. The number of benzene rings is 1. The maximum Gasteiger partial charge on any atom is 0.192 e. The Morgan fingerprint density at radius 2 is 2.12 bits per heavy atom. The van der Waals surface area contributed by atoms with Crippen molar-refractivity contribution in [1.82, 2.24) is 9.97 Å². The van der Waals surface area contributed by atoms with Crippen molar-refractivity contribution in [2.45, 2.75) is 13.8 Å². The third kappa shape index (κ3) is 1.34. The van der Waals surface area contributed by atoms with E-state index in [0.717, 1.165) is 27.2 Å². The summed E-state index contributed by atoms with van der Waals surface area (Å²) in [5.41, 5.74) is 3.93. The van der Waals surface area contributed by atoms with Crippen molar-refractivity contribution >= 4 is 22.4 Å². The zero-order valence-electron chi connectivity index (χ0n) is 9.02. The number of rotatable bonds is 1. The Balaban J connectivity index is 2.38. The second-order valence-electron chi connectivity index (χ2n) is 3.68. The lowest BCUT2D eigenvalue weighted by atomic mass is 10.1. The number of hydrogen-bond acceptors (Lipinski definition) is 4. The van der Waals surface area contributed by atoms with Crippen molar-refractivity contribution in [2.24, 2.45) is 0 Å².